The summed E-state index contributed by atoms with van der Waals surface area (Å²) in [6.07, 6.45) is 0.660. The van der Waals surface area contributed by atoms with Gasteiger partial charge in [-0.1, -0.05) is 19.1 Å². The zero-order valence-electron chi connectivity index (χ0n) is 8.70. The van der Waals surface area contributed by atoms with Gasteiger partial charge in [0.1, 0.15) is 10.7 Å². The van der Waals surface area contributed by atoms with E-state index in [0.717, 1.165) is 6.07 Å². The Balaban J connectivity index is 3.02. The molecule has 0 unspecified atom stereocenters. The Morgan fingerprint density at radius 3 is 2.53 bits per heavy atom. The third kappa shape index (κ3) is 3.00. The summed E-state index contributed by atoms with van der Waals surface area (Å²) in [4.78, 5) is -0.301. The lowest BCUT2D eigenvalue weighted by atomic mass is 10.3. The molecule has 1 aromatic rings. The summed E-state index contributed by atoms with van der Waals surface area (Å²) in [5.41, 5.74) is 0. The number of sulfonamides is 1. The topological polar surface area (TPSA) is 46.2 Å². The fourth-order valence-corrected chi connectivity index (χ4v) is 2.48. The van der Waals surface area contributed by atoms with Gasteiger partial charge in [0.15, 0.2) is 0 Å². The number of rotatable bonds is 4. The van der Waals surface area contributed by atoms with Gasteiger partial charge in [-0.2, -0.15) is 0 Å². The SMILES string of the molecule is CC[C@@H](C)NS(=O)(=O)c1ccccc1F. The molecule has 0 amide bonds. The highest BCUT2D eigenvalue weighted by molar-refractivity contribution is 7.89. The van der Waals surface area contributed by atoms with Crippen LogP contribution in [0.5, 0.6) is 0 Å². The van der Waals surface area contributed by atoms with Crippen LogP contribution in [0.4, 0.5) is 4.39 Å². The van der Waals surface area contributed by atoms with Gasteiger partial charge in [0.05, 0.1) is 0 Å². The smallest absolute Gasteiger partial charge is 0.208 e. The monoisotopic (exact) mass is 231 g/mol. The summed E-state index contributed by atoms with van der Waals surface area (Å²) in [6.45, 7) is 3.59. The lowest BCUT2D eigenvalue weighted by Gasteiger charge is -2.12. The standard InChI is InChI=1S/C10H14FNO2S/c1-3-8(2)12-15(13,14)10-7-5-4-6-9(10)11/h4-8,12H,3H2,1-2H3/t8-/m1/s1. The van der Waals surface area contributed by atoms with Crippen LogP contribution >= 0.6 is 0 Å². The number of halogens is 1. The maximum absolute atomic E-state index is 13.2. The summed E-state index contributed by atoms with van der Waals surface area (Å²) < 4.78 is 39.0. The highest BCUT2D eigenvalue weighted by atomic mass is 32.2. The molecule has 1 aromatic carbocycles. The predicted molar refractivity (Wildman–Crippen MR) is 56.5 cm³/mol. The first-order valence-electron chi connectivity index (χ1n) is 4.74. The number of hydrogen-bond donors (Lipinski definition) is 1. The third-order valence-electron chi connectivity index (χ3n) is 2.09. The van der Waals surface area contributed by atoms with Crippen molar-refractivity contribution >= 4 is 10.0 Å². The van der Waals surface area contributed by atoms with Crippen molar-refractivity contribution in [3.8, 4) is 0 Å². The normalized spacial score (nSPS) is 13.8. The van der Waals surface area contributed by atoms with Crippen molar-refractivity contribution in [2.24, 2.45) is 0 Å². The zero-order valence-corrected chi connectivity index (χ0v) is 9.51. The van der Waals surface area contributed by atoms with Crippen LogP contribution in [0.25, 0.3) is 0 Å². The Bertz CT molecular complexity index is 431. The van der Waals surface area contributed by atoms with Gasteiger partial charge in [-0.3, -0.25) is 0 Å². The highest BCUT2D eigenvalue weighted by Gasteiger charge is 2.19. The first kappa shape index (κ1) is 12.1. The molecule has 0 radical (unpaired) electrons. The summed E-state index contributed by atoms with van der Waals surface area (Å²) in [5, 5.41) is 0. The third-order valence-corrected chi connectivity index (χ3v) is 3.72. The largest absolute Gasteiger partial charge is 0.243 e. The Kier molecular flexibility index (Phi) is 3.82. The summed E-state index contributed by atoms with van der Waals surface area (Å²) in [6, 6.07) is 5.13. The van der Waals surface area contributed by atoms with E-state index in [4.69, 9.17) is 0 Å². The maximum atomic E-state index is 13.2. The van der Waals surface area contributed by atoms with Crippen molar-refractivity contribution in [3.63, 3.8) is 0 Å². The Morgan fingerprint density at radius 1 is 1.40 bits per heavy atom. The molecular weight excluding hydrogens is 217 g/mol. The zero-order chi connectivity index (χ0) is 11.5. The van der Waals surface area contributed by atoms with Crippen molar-refractivity contribution in [1.29, 1.82) is 0 Å². The Morgan fingerprint density at radius 2 is 2.00 bits per heavy atom. The average Bonchev–Trinajstić information content (AvgIpc) is 2.17. The van der Waals surface area contributed by atoms with Gasteiger partial charge in [-0.15, -0.1) is 0 Å². The van der Waals surface area contributed by atoms with E-state index in [1.165, 1.54) is 18.2 Å². The number of nitrogens with one attached hydrogen (secondary N) is 1. The number of hydrogen-bond acceptors (Lipinski definition) is 2. The van der Waals surface area contributed by atoms with E-state index in [2.05, 4.69) is 4.72 Å². The molecule has 1 rings (SSSR count). The molecule has 1 atom stereocenters. The lowest BCUT2D eigenvalue weighted by molar-refractivity contribution is 0.539. The van der Waals surface area contributed by atoms with Gasteiger partial charge in [-0.25, -0.2) is 17.5 Å². The molecule has 84 valence electrons. The maximum Gasteiger partial charge on any atom is 0.243 e. The summed E-state index contributed by atoms with van der Waals surface area (Å²) in [7, 11) is -3.73. The molecule has 0 aliphatic rings. The van der Waals surface area contributed by atoms with E-state index in [1.54, 1.807) is 6.92 Å². The molecule has 0 aromatic heterocycles. The van der Waals surface area contributed by atoms with Crippen LogP contribution in [0.1, 0.15) is 20.3 Å². The van der Waals surface area contributed by atoms with E-state index in [1.807, 2.05) is 6.92 Å². The first-order valence-corrected chi connectivity index (χ1v) is 6.22. The van der Waals surface area contributed by atoms with Crippen LogP contribution in [-0.4, -0.2) is 14.5 Å². The van der Waals surface area contributed by atoms with E-state index >= 15 is 0 Å². The van der Waals surface area contributed by atoms with Gasteiger partial charge in [0, 0.05) is 6.04 Å². The molecular formula is C10H14FNO2S. The van der Waals surface area contributed by atoms with E-state index in [0.29, 0.717) is 6.42 Å². The molecule has 0 aliphatic carbocycles. The molecule has 0 saturated carbocycles. The van der Waals surface area contributed by atoms with Crippen LogP contribution < -0.4 is 4.72 Å². The van der Waals surface area contributed by atoms with Crippen LogP contribution in [0.3, 0.4) is 0 Å². The van der Waals surface area contributed by atoms with Crippen molar-refractivity contribution in [2.45, 2.75) is 31.2 Å². The van der Waals surface area contributed by atoms with Crippen LogP contribution in [-0.2, 0) is 10.0 Å². The second-order valence-corrected chi connectivity index (χ2v) is 5.04. The van der Waals surface area contributed by atoms with Crippen molar-refractivity contribution < 1.29 is 12.8 Å². The lowest BCUT2D eigenvalue weighted by Crippen LogP contribution is -2.32. The van der Waals surface area contributed by atoms with E-state index in [-0.39, 0.29) is 10.9 Å². The minimum atomic E-state index is -3.73. The summed E-state index contributed by atoms with van der Waals surface area (Å²) >= 11 is 0. The minimum absolute atomic E-state index is 0.199. The van der Waals surface area contributed by atoms with Gasteiger partial charge in [0.2, 0.25) is 10.0 Å². The summed E-state index contributed by atoms with van der Waals surface area (Å²) in [5.74, 6) is -0.728. The number of benzene rings is 1. The second kappa shape index (κ2) is 4.72. The van der Waals surface area contributed by atoms with Gasteiger partial charge >= 0.3 is 0 Å². The Labute approximate surface area is 89.4 Å². The second-order valence-electron chi connectivity index (χ2n) is 3.36. The highest BCUT2D eigenvalue weighted by Crippen LogP contribution is 2.13. The first-order chi connectivity index (χ1) is 6.97. The molecule has 0 heterocycles. The molecule has 0 fully saturated rings. The fraction of sp³-hybridized carbons (Fsp3) is 0.400. The van der Waals surface area contributed by atoms with Crippen molar-refractivity contribution in [2.75, 3.05) is 0 Å². The molecule has 1 N–H and O–H groups in total. The molecule has 0 saturated heterocycles. The van der Waals surface area contributed by atoms with Crippen LogP contribution in [0.15, 0.2) is 29.2 Å². The van der Waals surface area contributed by atoms with Crippen molar-refractivity contribution in [1.82, 2.24) is 4.72 Å². The fourth-order valence-electron chi connectivity index (χ4n) is 1.07. The average molecular weight is 231 g/mol. The minimum Gasteiger partial charge on any atom is -0.208 e. The quantitative estimate of drug-likeness (QED) is 0.860. The Hall–Kier alpha value is -0.940. The van der Waals surface area contributed by atoms with E-state index in [9.17, 15) is 12.8 Å². The van der Waals surface area contributed by atoms with Gasteiger partial charge in [-0.05, 0) is 25.5 Å². The molecule has 0 bridgehead atoms. The predicted octanol–water partition coefficient (Wildman–Crippen LogP) is 1.90. The molecule has 15 heavy (non-hydrogen) atoms. The molecule has 0 aliphatic heterocycles. The van der Waals surface area contributed by atoms with Gasteiger partial charge in [0.25, 0.3) is 0 Å². The van der Waals surface area contributed by atoms with E-state index < -0.39 is 15.8 Å². The van der Waals surface area contributed by atoms with Crippen LogP contribution in [0.2, 0.25) is 0 Å². The van der Waals surface area contributed by atoms with Crippen LogP contribution in [0, 0.1) is 5.82 Å². The molecule has 0 spiro atoms. The van der Waals surface area contributed by atoms with Crippen molar-refractivity contribution in [3.05, 3.63) is 30.1 Å². The molecule has 5 heteroatoms. The molecule has 3 nitrogen and oxygen atoms in total. The van der Waals surface area contributed by atoms with Gasteiger partial charge < -0.3 is 0 Å².